The number of nitrogens with one attached hydrogen (secondary N) is 1. The van der Waals surface area contributed by atoms with Crippen molar-refractivity contribution in [1.82, 2.24) is 4.90 Å². The number of nitrogens with zero attached hydrogens (tertiary/aromatic N) is 2. The normalized spacial score (nSPS) is 15.8. The van der Waals surface area contributed by atoms with Crippen LogP contribution in [0.1, 0.15) is 17.7 Å². The smallest absolute Gasteiger partial charge is 0.311 e. The Hall–Kier alpha value is -3.25. The SMILES string of the molecule is Cc1cc(SC#N)ccc1NC(=O)COC(=O)[C@@H]1CC(=O)N(Cc2ccco2)C1. The summed E-state index contributed by atoms with van der Waals surface area (Å²) in [7, 11) is 0. The van der Waals surface area contributed by atoms with Gasteiger partial charge < -0.3 is 19.4 Å². The number of nitriles is 1. The molecule has 2 aromatic rings. The summed E-state index contributed by atoms with van der Waals surface area (Å²) in [6.07, 6.45) is 1.58. The highest BCUT2D eigenvalue weighted by atomic mass is 32.2. The maximum Gasteiger partial charge on any atom is 0.311 e. The summed E-state index contributed by atoms with van der Waals surface area (Å²) in [5.74, 6) is -1.17. The fourth-order valence-electron chi connectivity index (χ4n) is 3.01. The number of carbonyl (C=O) groups is 3. The minimum Gasteiger partial charge on any atom is -0.467 e. The number of hydrogen-bond acceptors (Lipinski definition) is 7. The summed E-state index contributed by atoms with van der Waals surface area (Å²) in [6, 6.07) is 8.69. The van der Waals surface area contributed by atoms with Crippen LogP contribution >= 0.6 is 11.8 Å². The quantitative estimate of drug-likeness (QED) is 0.422. The van der Waals surface area contributed by atoms with Crippen molar-refractivity contribution < 1.29 is 23.5 Å². The molecule has 2 amide bonds. The van der Waals surface area contributed by atoms with Crippen LogP contribution in [0.25, 0.3) is 0 Å². The zero-order valence-corrected chi connectivity index (χ0v) is 16.5. The average Bonchev–Trinajstić information content (AvgIpc) is 3.33. The van der Waals surface area contributed by atoms with Gasteiger partial charge in [-0.3, -0.25) is 14.4 Å². The van der Waals surface area contributed by atoms with E-state index < -0.39 is 24.4 Å². The van der Waals surface area contributed by atoms with Gasteiger partial charge in [-0.15, -0.1) is 0 Å². The van der Waals surface area contributed by atoms with Crippen molar-refractivity contribution >= 4 is 35.2 Å². The second kappa shape index (κ2) is 9.30. The van der Waals surface area contributed by atoms with Crippen LogP contribution in [0, 0.1) is 23.5 Å². The van der Waals surface area contributed by atoms with Crippen molar-refractivity contribution in [2.24, 2.45) is 5.92 Å². The molecule has 0 unspecified atom stereocenters. The van der Waals surface area contributed by atoms with Gasteiger partial charge in [0.25, 0.3) is 5.91 Å². The van der Waals surface area contributed by atoms with Crippen LogP contribution in [0.15, 0.2) is 45.9 Å². The predicted octanol–water partition coefficient (Wildman–Crippen LogP) is 2.69. The number of thioether (sulfide) groups is 1. The minimum absolute atomic E-state index is 0.0539. The molecule has 1 aromatic carbocycles. The molecule has 2 heterocycles. The molecule has 9 heteroatoms. The van der Waals surface area contributed by atoms with Crippen molar-refractivity contribution in [2.75, 3.05) is 18.5 Å². The highest BCUT2D eigenvalue weighted by Crippen LogP contribution is 2.24. The van der Waals surface area contributed by atoms with Crippen LogP contribution in [-0.4, -0.2) is 35.8 Å². The first-order valence-electron chi connectivity index (χ1n) is 8.89. The van der Waals surface area contributed by atoms with Gasteiger partial charge in [0.15, 0.2) is 6.61 Å². The molecule has 1 saturated heterocycles. The summed E-state index contributed by atoms with van der Waals surface area (Å²) >= 11 is 1.03. The van der Waals surface area contributed by atoms with E-state index in [1.54, 1.807) is 37.3 Å². The highest BCUT2D eigenvalue weighted by molar-refractivity contribution is 8.03. The third-order valence-electron chi connectivity index (χ3n) is 4.46. The minimum atomic E-state index is -0.603. The molecule has 0 saturated carbocycles. The van der Waals surface area contributed by atoms with Crippen LogP contribution in [0.5, 0.6) is 0 Å². The van der Waals surface area contributed by atoms with Crippen LogP contribution in [-0.2, 0) is 25.7 Å². The average molecular weight is 413 g/mol. The van der Waals surface area contributed by atoms with Gasteiger partial charge in [-0.25, -0.2) is 0 Å². The summed E-state index contributed by atoms with van der Waals surface area (Å²) < 4.78 is 10.3. The number of rotatable bonds is 7. The molecule has 1 aliphatic rings. The maximum absolute atomic E-state index is 12.2. The molecule has 29 heavy (non-hydrogen) atoms. The van der Waals surface area contributed by atoms with Gasteiger partial charge in [-0.05, 0) is 54.6 Å². The van der Waals surface area contributed by atoms with Crippen molar-refractivity contribution in [2.45, 2.75) is 24.8 Å². The number of benzene rings is 1. The lowest BCUT2D eigenvalue weighted by atomic mass is 10.1. The number of hydrogen-bond donors (Lipinski definition) is 1. The lowest BCUT2D eigenvalue weighted by Crippen LogP contribution is -2.28. The first kappa shape index (κ1) is 20.5. The number of amides is 2. The van der Waals surface area contributed by atoms with Gasteiger partial charge in [-0.1, -0.05) is 0 Å². The molecule has 0 spiro atoms. The summed E-state index contributed by atoms with van der Waals surface area (Å²) in [5, 5.41) is 13.4. The number of ether oxygens (including phenoxy) is 1. The van der Waals surface area contributed by atoms with Crippen molar-refractivity contribution in [1.29, 1.82) is 5.26 Å². The fourth-order valence-corrected chi connectivity index (χ4v) is 3.48. The van der Waals surface area contributed by atoms with E-state index in [0.29, 0.717) is 18.0 Å². The number of esters is 1. The second-order valence-corrected chi connectivity index (χ2v) is 7.44. The Morgan fingerprint density at radius 1 is 1.41 bits per heavy atom. The lowest BCUT2D eigenvalue weighted by molar-refractivity contribution is -0.151. The number of likely N-dealkylation sites (tertiary alicyclic amines) is 1. The van der Waals surface area contributed by atoms with Gasteiger partial charge >= 0.3 is 5.97 Å². The predicted molar refractivity (Wildman–Crippen MR) is 104 cm³/mol. The molecular weight excluding hydrogens is 394 g/mol. The Kier molecular flexibility index (Phi) is 6.57. The van der Waals surface area contributed by atoms with E-state index in [0.717, 1.165) is 22.2 Å². The van der Waals surface area contributed by atoms with Crippen molar-refractivity contribution in [3.8, 4) is 5.40 Å². The van der Waals surface area contributed by atoms with Crippen molar-refractivity contribution in [3.63, 3.8) is 0 Å². The molecule has 1 aliphatic heterocycles. The Bertz CT molecular complexity index is 952. The van der Waals surface area contributed by atoms with Crippen LogP contribution in [0.3, 0.4) is 0 Å². The zero-order chi connectivity index (χ0) is 20.8. The van der Waals surface area contributed by atoms with E-state index in [4.69, 9.17) is 14.4 Å². The van der Waals surface area contributed by atoms with E-state index in [1.165, 1.54) is 11.2 Å². The molecular formula is C20H19N3O5S. The van der Waals surface area contributed by atoms with Crippen LogP contribution in [0.2, 0.25) is 0 Å². The molecule has 150 valence electrons. The van der Waals surface area contributed by atoms with E-state index in [-0.39, 0.29) is 18.9 Å². The van der Waals surface area contributed by atoms with Gasteiger partial charge in [0.05, 0.1) is 18.7 Å². The van der Waals surface area contributed by atoms with Gasteiger partial charge in [0.2, 0.25) is 5.91 Å². The standard InChI is InChI=1S/C20H19N3O5S/c1-13-7-16(29-12-21)4-5-17(13)22-18(24)11-28-20(26)14-8-19(25)23(9-14)10-15-3-2-6-27-15/h2-7,14H,8-11H2,1H3,(H,22,24)/t14-/m1/s1. The molecule has 1 aromatic heterocycles. The largest absolute Gasteiger partial charge is 0.467 e. The topological polar surface area (TPSA) is 113 Å². The third kappa shape index (κ3) is 5.39. The van der Waals surface area contributed by atoms with Crippen molar-refractivity contribution in [3.05, 3.63) is 47.9 Å². The number of thiocyanates is 1. The first-order valence-corrected chi connectivity index (χ1v) is 9.71. The third-order valence-corrected chi connectivity index (χ3v) is 5.04. The number of carbonyl (C=O) groups excluding carboxylic acids is 3. The Morgan fingerprint density at radius 3 is 2.93 bits per heavy atom. The first-order chi connectivity index (χ1) is 14.0. The van der Waals surface area contributed by atoms with Gasteiger partial charge in [0.1, 0.15) is 11.2 Å². The summed E-state index contributed by atoms with van der Waals surface area (Å²) in [6.45, 7) is 1.91. The molecule has 0 bridgehead atoms. The fraction of sp³-hybridized carbons (Fsp3) is 0.300. The number of anilines is 1. The Morgan fingerprint density at radius 2 is 2.24 bits per heavy atom. The Labute approximate surface area is 171 Å². The van der Waals surface area contributed by atoms with E-state index in [2.05, 4.69) is 5.32 Å². The molecule has 0 aliphatic carbocycles. The van der Waals surface area contributed by atoms with E-state index >= 15 is 0 Å². The van der Waals surface area contributed by atoms with Crippen LogP contribution in [0.4, 0.5) is 5.69 Å². The summed E-state index contributed by atoms with van der Waals surface area (Å²) in [5.41, 5.74) is 1.37. The number of aryl methyl sites for hydroxylation is 1. The number of furan rings is 1. The molecule has 1 fully saturated rings. The molecule has 1 atom stereocenters. The molecule has 1 N–H and O–H groups in total. The zero-order valence-electron chi connectivity index (χ0n) is 15.7. The maximum atomic E-state index is 12.2. The summed E-state index contributed by atoms with van der Waals surface area (Å²) in [4.78, 5) is 38.7. The van der Waals surface area contributed by atoms with Crippen LogP contribution < -0.4 is 5.32 Å². The second-order valence-electron chi connectivity index (χ2n) is 6.58. The highest BCUT2D eigenvalue weighted by Gasteiger charge is 2.35. The van der Waals surface area contributed by atoms with Gasteiger partial charge in [0, 0.05) is 23.5 Å². The van der Waals surface area contributed by atoms with E-state index in [1.807, 2.05) is 5.40 Å². The molecule has 8 nitrogen and oxygen atoms in total. The molecule has 3 rings (SSSR count). The molecule has 0 radical (unpaired) electrons. The van der Waals surface area contributed by atoms with Gasteiger partial charge in [-0.2, -0.15) is 5.26 Å². The monoisotopic (exact) mass is 413 g/mol. The van der Waals surface area contributed by atoms with E-state index in [9.17, 15) is 14.4 Å². The Balaban J connectivity index is 1.47. The lowest BCUT2D eigenvalue weighted by Gasteiger charge is -2.15.